The zero-order chi connectivity index (χ0) is 15.1. The maximum atomic E-state index is 14.4. The molecular weight excluding hydrogens is 312 g/mol. The first kappa shape index (κ1) is 15.7. The van der Waals surface area contributed by atoms with Gasteiger partial charge >= 0.3 is 5.25 Å². The predicted molar refractivity (Wildman–Crippen MR) is 70.2 cm³/mol. The third-order valence-electron chi connectivity index (χ3n) is 3.51. The molecule has 0 N–H and O–H groups in total. The number of rotatable bonds is 3. The van der Waals surface area contributed by atoms with E-state index < -0.39 is 26.0 Å². The fourth-order valence-corrected chi connectivity index (χ4v) is 4.24. The summed E-state index contributed by atoms with van der Waals surface area (Å²) in [5.41, 5.74) is 0.387. The third-order valence-corrected chi connectivity index (χ3v) is 5.83. The number of nitrogens with zero attached hydrogens (tertiary/aromatic N) is 3. The number of sulfone groups is 1. The normalized spacial score (nSPS) is 19.4. The minimum atomic E-state index is -4.76. The van der Waals surface area contributed by atoms with Crippen LogP contribution in [0.4, 0.5) is 8.78 Å². The maximum Gasteiger partial charge on any atom is 0.354 e. The lowest BCUT2D eigenvalue weighted by Gasteiger charge is -2.32. The van der Waals surface area contributed by atoms with Gasteiger partial charge in [0, 0.05) is 26.1 Å². The lowest BCUT2D eigenvalue weighted by molar-refractivity contribution is 0.00382. The van der Waals surface area contributed by atoms with E-state index in [0.29, 0.717) is 5.69 Å². The number of halogens is 3. The molecule has 9 heteroatoms. The van der Waals surface area contributed by atoms with Crippen LogP contribution in [0, 0.1) is 12.8 Å². The second-order valence-electron chi connectivity index (χ2n) is 5.00. The topological polar surface area (TPSA) is 55.2 Å². The van der Waals surface area contributed by atoms with Gasteiger partial charge in [-0.05, 0) is 37.6 Å². The molecule has 0 aliphatic carbocycles. The number of alkyl halides is 2. The lowest BCUT2D eigenvalue weighted by atomic mass is 9.98. The molecule has 0 saturated carbocycles. The highest BCUT2D eigenvalue weighted by Crippen LogP contribution is 2.41. The molecule has 0 aromatic carbocycles. The molecular formula is C11H16ClF2N3O2S. The number of piperidine rings is 1. The Balaban J connectivity index is 2.34. The average molecular weight is 328 g/mol. The Hall–Kier alpha value is -0.730. The van der Waals surface area contributed by atoms with Crippen molar-refractivity contribution in [3.8, 4) is 0 Å². The van der Waals surface area contributed by atoms with E-state index in [1.165, 1.54) is 17.5 Å². The van der Waals surface area contributed by atoms with Crippen molar-refractivity contribution in [1.29, 1.82) is 0 Å². The van der Waals surface area contributed by atoms with Crippen LogP contribution < -0.4 is 0 Å². The molecule has 0 spiro atoms. The van der Waals surface area contributed by atoms with Crippen LogP contribution in [0.3, 0.4) is 0 Å². The van der Waals surface area contributed by atoms with Crippen LogP contribution in [-0.4, -0.2) is 41.0 Å². The first-order valence-electron chi connectivity index (χ1n) is 6.20. The molecule has 2 heterocycles. The van der Waals surface area contributed by atoms with Gasteiger partial charge < -0.3 is 0 Å². The monoisotopic (exact) mass is 327 g/mol. The SMILES string of the molecule is Cc1cc(S(=O)(=O)C(F)(F)C2CCN(Cl)CC2)n(C)n1. The Bertz CT molecular complexity index is 595. The van der Waals surface area contributed by atoms with Crippen molar-refractivity contribution in [3.63, 3.8) is 0 Å². The predicted octanol–water partition coefficient (Wildman–Crippen LogP) is 1.96. The quantitative estimate of drug-likeness (QED) is 0.796. The van der Waals surface area contributed by atoms with Crippen LogP contribution in [0.15, 0.2) is 11.1 Å². The van der Waals surface area contributed by atoms with Crippen molar-refractivity contribution in [3.05, 3.63) is 11.8 Å². The number of aromatic nitrogens is 2. The molecule has 0 atom stereocenters. The Morgan fingerprint density at radius 1 is 1.40 bits per heavy atom. The van der Waals surface area contributed by atoms with Crippen LogP contribution >= 0.6 is 11.8 Å². The van der Waals surface area contributed by atoms with Crippen molar-refractivity contribution in [2.24, 2.45) is 13.0 Å². The maximum absolute atomic E-state index is 14.4. The molecule has 0 radical (unpaired) electrons. The van der Waals surface area contributed by atoms with Gasteiger partial charge in [0.15, 0.2) is 5.03 Å². The van der Waals surface area contributed by atoms with Gasteiger partial charge in [0.1, 0.15) is 0 Å². The van der Waals surface area contributed by atoms with E-state index in [1.807, 2.05) is 0 Å². The fraction of sp³-hybridized carbons (Fsp3) is 0.727. The zero-order valence-corrected chi connectivity index (χ0v) is 12.8. The van der Waals surface area contributed by atoms with Crippen LogP contribution in [0.25, 0.3) is 0 Å². The van der Waals surface area contributed by atoms with Gasteiger partial charge in [-0.25, -0.2) is 12.8 Å². The molecule has 2 rings (SSSR count). The van der Waals surface area contributed by atoms with E-state index in [0.717, 1.165) is 4.68 Å². The van der Waals surface area contributed by atoms with E-state index in [-0.39, 0.29) is 25.9 Å². The van der Waals surface area contributed by atoms with Gasteiger partial charge in [0.25, 0.3) is 9.84 Å². The Morgan fingerprint density at radius 2 is 1.95 bits per heavy atom. The highest BCUT2D eigenvalue weighted by Gasteiger charge is 2.54. The third kappa shape index (κ3) is 2.56. The van der Waals surface area contributed by atoms with Crippen LogP contribution in [0.1, 0.15) is 18.5 Å². The minimum absolute atomic E-state index is 0.0482. The van der Waals surface area contributed by atoms with Crippen LogP contribution in [0.5, 0.6) is 0 Å². The highest BCUT2D eigenvalue weighted by molar-refractivity contribution is 7.92. The molecule has 20 heavy (non-hydrogen) atoms. The fourth-order valence-electron chi connectivity index (χ4n) is 2.38. The van der Waals surface area contributed by atoms with E-state index in [1.54, 1.807) is 6.92 Å². The summed E-state index contributed by atoms with van der Waals surface area (Å²) in [4.78, 5) is 0. The van der Waals surface area contributed by atoms with Crippen LogP contribution in [0.2, 0.25) is 0 Å². The molecule has 0 bridgehead atoms. The number of hydrogen-bond acceptors (Lipinski definition) is 4. The molecule has 1 aliphatic rings. The van der Waals surface area contributed by atoms with E-state index in [9.17, 15) is 17.2 Å². The summed E-state index contributed by atoms with van der Waals surface area (Å²) in [6, 6.07) is 1.17. The second kappa shape index (κ2) is 5.23. The zero-order valence-electron chi connectivity index (χ0n) is 11.2. The van der Waals surface area contributed by atoms with E-state index in [4.69, 9.17) is 11.8 Å². The van der Waals surface area contributed by atoms with Crippen molar-refractivity contribution in [1.82, 2.24) is 14.2 Å². The van der Waals surface area contributed by atoms with Gasteiger partial charge in [-0.15, -0.1) is 0 Å². The Kier molecular flexibility index (Phi) is 4.10. The summed E-state index contributed by atoms with van der Waals surface area (Å²) in [5.74, 6) is -1.22. The Morgan fingerprint density at radius 3 is 2.40 bits per heavy atom. The first-order chi connectivity index (χ1) is 9.16. The van der Waals surface area contributed by atoms with E-state index >= 15 is 0 Å². The van der Waals surface area contributed by atoms with Gasteiger partial charge in [-0.3, -0.25) is 4.68 Å². The molecule has 1 fully saturated rings. The molecule has 114 valence electrons. The number of hydrogen-bond donors (Lipinski definition) is 0. The summed E-state index contributed by atoms with van der Waals surface area (Å²) in [6.45, 7) is 2.06. The lowest BCUT2D eigenvalue weighted by Crippen LogP contribution is -2.43. The Labute approximate surface area is 121 Å². The molecule has 0 amide bonds. The van der Waals surface area contributed by atoms with Gasteiger partial charge in [0.2, 0.25) is 0 Å². The van der Waals surface area contributed by atoms with Gasteiger partial charge in [-0.1, -0.05) is 0 Å². The number of aryl methyl sites for hydroxylation is 2. The molecule has 1 aliphatic heterocycles. The minimum Gasteiger partial charge on any atom is -0.257 e. The standard InChI is InChI=1S/C11H16ClF2N3O2S/c1-8-7-10(16(2)15-8)20(18,19)11(13,14)9-3-5-17(12)6-4-9/h7,9H,3-6H2,1-2H3. The van der Waals surface area contributed by atoms with Crippen molar-refractivity contribution in [2.75, 3.05) is 13.1 Å². The van der Waals surface area contributed by atoms with Crippen molar-refractivity contribution >= 4 is 21.6 Å². The van der Waals surface area contributed by atoms with Gasteiger partial charge in [0.05, 0.1) is 5.69 Å². The second-order valence-corrected chi connectivity index (χ2v) is 7.44. The van der Waals surface area contributed by atoms with E-state index in [2.05, 4.69) is 5.10 Å². The van der Waals surface area contributed by atoms with Crippen LogP contribution in [-0.2, 0) is 16.9 Å². The summed E-state index contributed by atoms with van der Waals surface area (Å²) in [5, 5.41) is -0.442. The molecule has 1 saturated heterocycles. The summed E-state index contributed by atoms with van der Waals surface area (Å²) in [6.07, 6.45) is 0.0964. The van der Waals surface area contributed by atoms with Gasteiger partial charge in [-0.2, -0.15) is 13.9 Å². The smallest absolute Gasteiger partial charge is 0.257 e. The summed E-state index contributed by atoms with van der Waals surface area (Å²) in [7, 11) is -3.42. The average Bonchev–Trinajstić information content (AvgIpc) is 2.69. The highest BCUT2D eigenvalue weighted by atomic mass is 35.5. The van der Waals surface area contributed by atoms with Crippen molar-refractivity contribution < 1.29 is 17.2 Å². The summed E-state index contributed by atoms with van der Waals surface area (Å²) >= 11 is 5.72. The molecule has 0 unspecified atom stereocenters. The summed E-state index contributed by atoms with van der Waals surface area (Å²) < 4.78 is 55.6. The molecule has 1 aromatic rings. The first-order valence-corrected chi connectivity index (χ1v) is 8.02. The molecule has 1 aromatic heterocycles. The largest absolute Gasteiger partial charge is 0.354 e. The molecule has 5 nitrogen and oxygen atoms in total. The van der Waals surface area contributed by atoms with Crippen molar-refractivity contribution in [2.45, 2.75) is 30.0 Å².